The first kappa shape index (κ1) is 11.4. The largest absolute Gasteiger partial charge is 0.432 e. The lowest BCUT2D eigenvalue weighted by atomic mass is 10.2. The zero-order valence-electron chi connectivity index (χ0n) is 10.0. The van der Waals surface area contributed by atoms with Crippen molar-refractivity contribution in [2.24, 2.45) is 5.73 Å². The van der Waals surface area contributed by atoms with E-state index in [-0.39, 0.29) is 0 Å². The Bertz CT molecular complexity index is 328. The van der Waals surface area contributed by atoms with Gasteiger partial charge in [0.15, 0.2) is 0 Å². The second-order valence-corrected chi connectivity index (χ2v) is 4.44. The zero-order chi connectivity index (χ0) is 11.5. The Labute approximate surface area is 96.2 Å². The predicted molar refractivity (Wildman–Crippen MR) is 63.3 cm³/mol. The average molecular weight is 224 g/mol. The highest BCUT2D eigenvalue weighted by atomic mass is 16.4. The van der Waals surface area contributed by atoms with Crippen molar-refractivity contribution in [2.75, 3.05) is 31.1 Å². The number of nitrogens with zero attached hydrogens (tertiary/aromatic N) is 3. The Morgan fingerprint density at radius 3 is 2.56 bits per heavy atom. The van der Waals surface area contributed by atoms with Gasteiger partial charge in [-0.1, -0.05) is 0 Å². The van der Waals surface area contributed by atoms with Crippen LogP contribution in [0.2, 0.25) is 0 Å². The van der Waals surface area contributed by atoms with Gasteiger partial charge in [-0.3, -0.25) is 4.90 Å². The van der Waals surface area contributed by atoms with Crippen molar-refractivity contribution in [1.29, 1.82) is 0 Å². The molecule has 1 fully saturated rings. The summed E-state index contributed by atoms with van der Waals surface area (Å²) in [5, 5.41) is 0. The molecule has 0 bridgehead atoms. The summed E-state index contributed by atoms with van der Waals surface area (Å²) in [5.74, 6) is 0. The topological polar surface area (TPSA) is 58.5 Å². The molecule has 0 saturated carbocycles. The van der Waals surface area contributed by atoms with Crippen LogP contribution in [0, 0.1) is 0 Å². The van der Waals surface area contributed by atoms with Crippen LogP contribution in [-0.4, -0.2) is 42.1 Å². The average Bonchev–Trinajstić information content (AvgIpc) is 2.77. The van der Waals surface area contributed by atoms with E-state index in [2.05, 4.69) is 28.6 Å². The third-order valence-electron chi connectivity index (χ3n) is 3.06. The molecule has 0 spiro atoms. The molecule has 2 heterocycles. The summed E-state index contributed by atoms with van der Waals surface area (Å²) in [6, 6.07) is 1.33. The monoisotopic (exact) mass is 224 g/mol. The molecule has 2 N–H and O–H groups in total. The van der Waals surface area contributed by atoms with Crippen LogP contribution < -0.4 is 10.6 Å². The molecular formula is C11H20N4O. The molecule has 1 aliphatic rings. The van der Waals surface area contributed by atoms with Gasteiger partial charge in [0, 0.05) is 38.8 Å². The highest BCUT2D eigenvalue weighted by Crippen LogP contribution is 2.16. The number of oxazole rings is 1. The highest BCUT2D eigenvalue weighted by Gasteiger charge is 2.21. The molecule has 0 amide bonds. The molecule has 1 aliphatic heterocycles. The summed E-state index contributed by atoms with van der Waals surface area (Å²) in [4.78, 5) is 8.98. The van der Waals surface area contributed by atoms with Crippen LogP contribution >= 0.6 is 0 Å². The fourth-order valence-electron chi connectivity index (χ4n) is 1.96. The summed E-state index contributed by atoms with van der Waals surface area (Å²) >= 11 is 0. The van der Waals surface area contributed by atoms with Crippen molar-refractivity contribution < 1.29 is 4.42 Å². The molecule has 90 valence electrons. The molecular weight excluding hydrogens is 204 g/mol. The lowest BCUT2D eigenvalue weighted by Crippen LogP contribution is -2.49. The number of aromatic nitrogens is 1. The molecule has 2 rings (SSSR count). The van der Waals surface area contributed by atoms with Gasteiger partial charge in [0.05, 0.1) is 5.69 Å². The minimum absolute atomic E-state index is 0.440. The van der Waals surface area contributed by atoms with Crippen LogP contribution in [0.25, 0.3) is 0 Å². The van der Waals surface area contributed by atoms with Crippen molar-refractivity contribution in [2.45, 2.75) is 26.4 Å². The fraction of sp³-hybridized carbons (Fsp3) is 0.727. The van der Waals surface area contributed by atoms with Crippen LogP contribution in [0.15, 0.2) is 10.7 Å². The molecule has 0 aliphatic carbocycles. The number of nitrogens with two attached hydrogens (primary N) is 1. The molecule has 0 atom stereocenters. The summed E-state index contributed by atoms with van der Waals surface area (Å²) < 4.78 is 5.41. The third-order valence-corrected chi connectivity index (χ3v) is 3.06. The Morgan fingerprint density at radius 1 is 1.38 bits per heavy atom. The Morgan fingerprint density at radius 2 is 2.06 bits per heavy atom. The first-order valence-corrected chi connectivity index (χ1v) is 5.84. The van der Waals surface area contributed by atoms with Gasteiger partial charge in [-0.15, -0.1) is 0 Å². The second-order valence-electron chi connectivity index (χ2n) is 4.44. The van der Waals surface area contributed by atoms with E-state index in [1.807, 2.05) is 0 Å². The summed E-state index contributed by atoms with van der Waals surface area (Å²) in [7, 11) is 0. The molecule has 1 saturated heterocycles. The Hall–Kier alpha value is -1.07. The molecule has 5 heteroatoms. The van der Waals surface area contributed by atoms with E-state index >= 15 is 0 Å². The van der Waals surface area contributed by atoms with Crippen molar-refractivity contribution >= 4 is 6.01 Å². The van der Waals surface area contributed by atoms with Gasteiger partial charge in [-0.2, -0.15) is 4.98 Å². The van der Waals surface area contributed by atoms with Gasteiger partial charge in [0.2, 0.25) is 0 Å². The smallest absolute Gasteiger partial charge is 0.297 e. The third kappa shape index (κ3) is 2.36. The maximum Gasteiger partial charge on any atom is 0.297 e. The van der Waals surface area contributed by atoms with Crippen molar-refractivity contribution in [3.63, 3.8) is 0 Å². The normalized spacial score (nSPS) is 18.4. The van der Waals surface area contributed by atoms with E-state index in [4.69, 9.17) is 10.2 Å². The van der Waals surface area contributed by atoms with E-state index in [1.54, 1.807) is 6.26 Å². The Balaban J connectivity index is 1.93. The van der Waals surface area contributed by atoms with E-state index in [9.17, 15) is 0 Å². The van der Waals surface area contributed by atoms with Crippen LogP contribution in [0.5, 0.6) is 0 Å². The van der Waals surface area contributed by atoms with E-state index in [1.165, 1.54) is 0 Å². The highest BCUT2D eigenvalue weighted by molar-refractivity contribution is 5.27. The quantitative estimate of drug-likeness (QED) is 0.817. The van der Waals surface area contributed by atoms with Crippen LogP contribution in [0.4, 0.5) is 6.01 Å². The van der Waals surface area contributed by atoms with Gasteiger partial charge in [0.25, 0.3) is 6.01 Å². The van der Waals surface area contributed by atoms with Crippen LogP contribution in [0.1, 0.15) is 19.5 Å². The molecule has 1 aromatic heterocycles. The van der Waals surface area contributed by atoms with Gasteiger partial charge in [-0.05, 0) is 13.8 Å². The van der Waals surface area contributed by atoms with Gasteiger partial charge in [0.1, 0.15) is 6.26 Å². The second kappa shape index (κ2) is 4.84. The van der Waals surface area contributed by atoms with Crippen LogP contribution in [0.3, 0.4) is 0 Å². The summed E-state index contributed by atoms with van der Waals surface area (Å²) in [5.41, 5.74) is 6.33. The van der Waals surface area contributed by atoms with Crippen molar-refractivity contribution in [1.82, 2.24) is 9.88 Å². The van der Waals surface area contributed by atoms with E-state index in [0.29, 0.717) is 18.6 Å². The Kier molecular flexibility index (Phi) is 3.46. The minimum atomic E-state index is 0.440. The lowest BCUT2D eigenvalue weighted by Gasteiger charge is -2.36. The molecule has 1 aromatic rings. The number of rotatable bonds is 3. The standard InChI is InChI=1S/C11H20N4O/c1-9(2)14-3-5-15(6-4-14)11-13-10(7-12)8-16-11/h8-9H,3-7,12H2,1-2H3. The molecule has 16 heavy (non-hydrogen) atoms. The van der Waals surface area contributed by atoms with Crippen LogP contribution in [-0.2, 0) is 6.54 Å². The zero-order valence-corrected chi connectivity index (χ0v) is 10.0. The molecule has 5 nitrogen and oxygen atoms in total. The predicted octanol–water partition coefficient (Wildman–Crippen LogP) is 0.664. The number of hydrogen-bond acceptors (Lipinski definition) is 5. The van der Waals surface area contributed by atoms with Crippen molar-refractivity contribution in [3.8, 4) is 0 Å². The maximum absolute atomic E-state index is 5.51. The molecule has 0 aromatic carbocycles. The minimum Gasteiger partial charge on any atom is -0.432 e. The fourth-order valence-corrected chi connectivity index (χ4v) is 1.96. The first-order chi connectivity index (χ1) is 7.70. The van der Waals surface area contributed by atoms with E-state index < -0.39 is 0 Å². The van der Waals surface area contributed by atoms with E-state index in [0.717, 1.165) is 31.9 Å². The van der Waals surface area contributed by atoms with Crippen molar-refractivity contribution in [3.05, 3.63) is 12.0 Å². The molecule has 0 radical (unpaired) electrons. The summed E-state index contributed by atoms with van der Waals surface area (Å²) in [6.45, 7) is 8.98. The van der Waals surface area contributed by atoms with Gasteiger partial charge in [-0.25, -0.2) is 0 Å². The maximum atomic E-state index is 5.51. The summed E-state index contributed by atoms with van der Waals surface area (Å²) in [6.07, 6.45) is 1.64. The number of anilines is 1. The SMILES string of the molecule is CC(C)N1CCN(c2nc(CN)co2)CC1. The number of piperazine rings is 1. The van der Waals surface area contributed by atoms with Gasteiger partial charge < -0.3 is 15.1 Å². The lowest BCUT2D eigenvalue weighted by molar-refractivity contribution is 0.206. The number of hydrogen-bond donors (Lipinski definition) is 1. The van der Waals surface area contributed by atoms with Gasteiger partial charge >= 0.3 is 0 Å². The first-order valence-electron chi connectivity index (χ1n) is 5.84. The molecule has 0 unspecified atom stereocenters.